The number of nitrogens with two attached hydrogens (primary N) is 1. The van der Waals surface area contributed by atoms with Crippen molar-refractivity contribution < 1.29 is 0 Å². The summed E-state index contributed by atoms with van der Waals surface area (Å²) in [5, 5.41) is 0. The van der Waals surface area contributed by atoms with Crippen LogP contribution < -0.4 is 11.3 Å². The molecule has 0 bridgehead atoms. The van der Waals surface area contributed by atoms with E-state index in [0.717, 1.165) is 5.92 Å². The second-order valence-electron chi connectivity index (χ2n) is 3.39. The van der Waals surface area contributed by atoms with Crippen molar-refractivity contribution in [2.45, 2.75) is 46.1 Å². The predicted molar refractivity (Wildman–Crippen MR) is 45.5 cm³/mol. The third-order valence-corrected chi connectivity index (χ3v) is 1.70. The molecule has 10 heavy (non-hydrogen) atoms. The van der Waals surface area contributed by atoms with E-state index in [4.69, 9.17) is 5.84 Å². The zero-order chi connectivity index (χ0) is 7.98. The summed E-state index contributed by atoms with van der Waals surface area (Å²) in [6.45, 7) is 6.61. The lowest BCUT2D eigenvalue weighted by Gasteiger charge is -2.09. The quantitative estimate of drug-likeness (QED) is 0.455. The molecule has 0 saturated carbocycles. The number of hydrogen-bond donors (Lipinski definition) is 2. The van der Waals surface area contributed by atoms with Gasteiger partial charge < -0.3 is 0 Å². The summed E-state index contributed by atoms with van der Waals surface area (Å²) in [6.07, 6.45) is 3.78. The SMILES string of the molecule is CC(C)CCC[C@@H](C)NN. The van der Waals surface area contributed by atoms with Crippen LogP contribution in [0.15, 0.2) is 0 Å². The first kappa shape index (κ1) is 9.92. The van der Waals surface area contributed by atoms with Crippen LogP contribution in [0, 0.1) is 5.92 Å². The molecule has 0 aliphatic carbocycles. The fraction of sp³-hybridized carbons (Fsp3) is 1.00. The Morgan fingerprint density at radius 2 is 1.80 bits per heavy atom. The molecule has 0 spiro atoms. The summed E-state index contributed by atoms with van der Waals surface area (Å²) in [4.78, 5) is 0. The summed E-state index contributed by atoms with van der Waals surface area (Å²) in [6, 6.07) is 0.471. The Hall–Kier alpha value is -0.0800. The fourth-order valence-electron chi connectivity index (χ4n) is 0.916. The standard InChI is InChI=1S/C8H20N2/c1-7(2)5-4-6-8(3)10-9/h7-8,10H,4-6,9H2,1-3H3/t8-/m1/s1. The van der Waals surface area contributed by atoms with Crippen molar-refractivity contribution in [3.63, 3.8) is 0 Å². The van der Waals surface area contributed by atoms with Gasteiger partial charge in [0.15, 0.2) is 0 Å². The minimum absolute atomic E-state index is 0.471. The first-order valence-corrected chi connectivity index (χ1v) is 4.13. The van der Waals surface area contributed by atoms with Gasteiger partial charge in [0.1, 0.15) is 0 Å². The highest BCUT2D eigenvalue weighted by Gasteiger charge is 1.98. The van der Waals surface area contributed by atoms with E-state index in [2.05, 4.69) is 26.2 Å². The average Bonchev–Trinajstić information content (AvgIpc) is 1.87. The van der Waals surface area contributed by atoms with Gasteiger partial charge in [0.05, 0.1) is 0 Å². The Morgan fingerprint density at radius 1 is 1.20 bits per heavy atom. The molecule has 0 aromatic heterocycles. The first-order chi connectivity index (χ1) is 4.66. The summed E-state index contributed by atoms with van der Waals surface area (Å²) in [7, 11) is 0. The Kier molecular flexibility index (Phi) is 5.64. The molecular weight excluding hydrogens is 124 g/mol. The Morgan fingerprint density at radius 3 is 2.20 bits per heavy atom. The minimum Gasteiger partial charge on any atom is -0.271 e. The van der Waals surface area contributed by atoms with Gasteiger partial charge in [-0.2, -0.15) is 0 Å². The van der Waals surface area contributed by atoms with Gasteiger partial charge in [-0.05, 0) is 19.3 Å². The lowest BCUT2D eigenvalue weighted by Crippen LogP contribution is -2.32. The third-order valence-electron chi connectivity index (χ3n) is 1.70. The lowest BCUT2D eigenvalue weighted by atomic mass is 10.0. The van der Waals surface area contributed by atoms with Gasteiger partial charge in [-0.25, -0.2) is 0 Å². The summed E-state index contributed by atoms with van der Waals surface area (Å²) >= 11 is 0. The van der Waals surface area contributed by atoms with Gasteiger partial charge in [0.2, 0.25) is 0 Å². The molecule has 3 N–H and O–H groups in total. The van der Waals surface area contributed by atoms with E-state index in [9.17, 15) is 0 Å². The van der Waals surface area contributed by atoms with E-state index in [0.29, 0.717) is 6.04 Å². The minimum atomic E-state index is 0.471. The van der Waals surface area contributed by atoms with Crippen LogP contribution in [0.1, 0.15) is 40.0 Å². The van der Waals surface area contributed by atoms with Gasteiger partial charge in [-0.15, -0.1) is 0 Å². The second kappa shape index (κ2) is 5.69. The van der Waals surface area contributed by atoms with Gasteiger partial charge in [0.25, 0.3) is 0 Å². The van der Waals surface area contributed by atoms with Crippen molar-refractivity contribution in [3.8, 4) is 0 Å². The summed E-state index contributed by atoms with van der Waals surface area (Å²) in [5.74, 6) is 6.06. The van der Waals surface area contributed by atoms with E-state index in [-0.39, 0.29) is 0 Å². The molecule has 2 nitrogen and oxygen atoms in total. The first-order valence-electron chi connectivity index (χ1n) is 4.13. The summed E-state index contributed by atoms with van der Waals surface area (Å²) in [5.41, 5.74) is 2.74. The largest absolute Gasteiger partial charge is 0.271 e. The Bertz CT molecular complexity index is 71.7. The van der Waals surface area contributed by atoms with E-state index >= 15 is 0 Å². The van der Waals surface area contributed by atoms with Crippen molar-refractivity contribution in [1.29, 1.82) is 0 Å². The van der Waals surface area contributed by atoms with E-state index in [1.165, 1.54) is 19.3 Å². The smallest absolute Gasteiger partial charge is 0.0182 e. The normalized spacial score (nSPS) is 14.1. The van der Waals surface area contributed by atoms with Crippen molar-refractivity contribution in [2.24, 2.45) is 11.8 Å². The molecule has 1 atom stereocenters. The van der Waals surface area contributed by atoms with Crippen LogP contribution in [0.5, 0.6) is 0 Å². The maximum Gasteiger partial charge on any atom is 0.0182 e. The molecule has 0 rings (SSSR count). The molecule has 2 heteroatoms. The van der Waals surface area contributed by atoms with Gasteiger partial charge in [-0.1, -0.05) is 26.7 Å². The van der Waals surface area contributed by atoms with Crippen molar-refractivity contribution in [1.82, 2.24) is 5.43 Å². The van der Waals surface area contributed by atoms with Crippen LogP contribution in [0.4, 0.5) is 0 Å². The van der Waals surface area contributed by atoms with Crippen molar-refractivity contribution >= 4 is 0 Å². The molecule has 0 unspecified atom stereocenters. The predicted octanol–water partition coefficient (Wildman–Crippen LogP) is 1.66. The monoisotopic (exact) mass is 144 g/mol. The van der Waals surface area contributed by atoms with E-state index in [1.54, 1.807) is 0 Å². The van der Waals surface area contributed by atoms with Crippen molar-refractivity contribution in [2.75, 3.05) is 0 Å². The van der Waals surface area contributed by atoms with Crippen LogP contribution in [-0.4, -0.2) is 6.04 Å². The molecule has 0 aromatic rings. The van der Waals surface area contributed by atoms with Gasteiger partial charge in [0, 0.05) is 6.04 Å². The molecule has 0 aliphatic rings. The van der Waals surface area contributed by atoms with Crippen LogP contribution in [0.2, 0.25) is 0 Å². The molecule has 0 heterocycles. The molecule has 0 aliphatic heterocycles. The Labute approximate surface area is 64.2 Å². The molecule has 0 radical (unpaired) electrons. The van der Waals surface area contributed by atoms with Crippen molar-refractivity contribution in [3.05, 3.63) is 0 Å². The number of nitrogens with one attached hydrogen (secondary N) is 1. The highest BCUT2D eigenvalue weighted by molar-refractivity contribution is 4.56. The summed E-state index contributed by atoms with van der Waals surface area (Å²) < 4.78 is 0. The van der Waals surface area contributed by atoms with Gasteiger partial charge in [-0.3, -0.25) is 11.3 Å². The van der Waals surface area contributed by atoms with Crippen LogP contribution in [0.25, 0.3) is 0 Å². The number of rotatable bonds is 5. The maximum absolute atomic E-state index is 5.24. The maximum atomic E-state index is 5.24. The molecular formula is C8H20N2. The molecule has 62 valence electrons. The zero-order valence-electron chi connectivity index (χ0n) is 7.35. The zero-order valence-corrected chi connectivity index (χ0v) is 7.35. The highest BCUT2D eigenvalue weighted by Crippen LogP contribution is 2.07. The third kappa shape index (κ3) is 6.05. The average molecular weight is 144 g/mol. The van der Waals surface area contributed by atoms with Crippen LogP contribution in [0.3, 0.4) is 0 Å². The fourth-order valence-corrected chi connectivity index (χ4v) is 0.916. The molecule has 0 aromatic carbocycles. The van der Waals surface area contributed by atoms with E-state index < -0.39 is 0 Å². The van der Waals surface area contributed by atoms with Gasteiger partial charge >= 0.3 is 0 Å². The second-order valence-corrected chi connectivity index (χ2v) is 3.39. The molecule has 0 amide bonds. The number of hydrazine groups is 1. The van der Waals surface area contributed by atoms with Crippen LogP contribution in [-0.2, 0) is 0 Å². The molecule has 0 saturated heterocycles. The topological polar surface area (TPSA) is 38.0 Å². The lowest BCUT2D eigenvalue weighted by molar-refractivity contribution is 0.465. The van der Waals surface area contributed by atoms with E-state index in [1.807, 2.05) is 0 Å². The number of hydrogen-bond acceptors (Lipinski definition) is 2. The Balaban J connectivity index is 3.03. The molecule has 0 fully saturated rings. The highest BCUT2D eigenvalue weighted by atomic mass is 15.2. The van der Waals surface area contributed by atoms with Crippen LogP contribution >= 0.6 is 0 Å².